The maximum atomic E-state index is 11.7. The van der Waals surface area contributed by atoms with Crippen LogP contribution < -0.4 is 4.72 Å². The molecule has 0 amide bonds. The van der Waals surface area contributed by atoms with Gasteiger partial charge in [-0.1, -0.05) is 39.8 Å². The molecule has 0 aromatic carbocycles. The molecule has 0 aliphatic carbocycles. The number of allylic oxidation sites excluding steroid dienone is 1. The van der Waals surface area contributed by atoms with E-state index in [0.717, 1.165) is 44.2 Å². The normalized spacial score (nSPS) is 18.0. The van der Waals surface area contributed by atoms with Gasteiger partial charge in [-0.25, -0.2) is 13.1 Å². The molecular weight excluding hydrogens is 338 g/mol. The fourth-order valence-corrected chi connectivity index (χ4v) is 3.84. The van der Waals surface area contributed by atoms with Crippen LogP contribution in [-0.2, 0) is 23.0 Å². The standard InChI is InChI=1S/C17H31N5O2S/c1-13(2)7-6-9-21-10-8-15-18-19-17(22(15)12-11-21)16(14(3)4)20-25(5,23)24/h6-7,13-14,16,20H,8-12H2,1-5H3/b7-6+. The molecule has 0 radical (unpaired) electrons. The number of sulfonamides is 1. The van der Waals surface area contributed by atoms with Crippen molar-refractivity contribution in [2.24, 2.45) is 11.8 Å². The highest BCUT2D eigenvalue weighted by Gasteiger charge is 2.28. The monoisotopic (exact) mass is 369 g/mol. The first kappa shape index (κ1) is 20.1. The Balaban J connectivity index is 2.14. The third-order valence-corrected chi connectivity index (χ3v) is 5.00. The number of hydrogen-bond acceptors (Lipinski definition) is 5. The van der Waals surface area contributed by atoms with Crippen LogP contribution in [0, 0.1) is 11.8 Å². The van der Waals surface area contributed by atoms with Crippen molar-refractivity contribution in [3.63, 3.8) is 0 Å². The fraction of sp³-hybridized carbons (Fsp3) is 0.765. The molecule has 7 nitrogen and oxygen atoms in total. The lowest BCUT2D eigenvalue weighted by molar-refractivity contribution is 0.304. The second-order valence-corrected chi connectivity index (χ2v) is 9.24. The molecule has 0 bridgehead atoms. The average Bonchev–Trinajstić information content (AvgIpc) is 2.77. The molecule has 1 N–H and O–H groups in total. The van der Waals surface area contributed by atoms with Gasteiger partial charge in [0.25, 0.3) is 0 Å². The topological polar surface area (TPSA) is 80.1 Å². The Bertz CT molecular complexity index is 694. The summed E-state index contributed by atoms with van der Waals surface area (Å²) in [5.41, 5.74) is 0. The Labute approximate surface area is 151 Å². The van der Waals surface area contributed by atoms with Gasteiger partial charge in [0.15, 0.2) is 5.82 Å². The SMILES string of the molecule is CC(C)/C=C/CN1CCc2nnc(C(NS(C)(=O)=O)C(C)C)n2CC1. The molecule has 1 aromatic rings. The van der Waals surface area contributed by atoms with Crippen LogP contribution in [-0.4, -0.2) is 54.0 Å². The molecule has 1 atom stereocenters. The number of rotatable bonds is 7. The summed E-state index contributed by atoms with van der Waals surface area (Å²) in [4.78, 5) is 2.39. The van der Waals surface area contributed by atoms with Crippen LogP contribution in [0.1, 0.15) is 45.4 Å². The Hall–Kier alpha value is -1.25. The molecule has 8 heteroatoms. The first-order valence-electron chi connectivity index (χ1n) is 8.95. The van der Waals surface area contributed by atoms with Gasteiger partial charge < -0.3 is 4.57 Å². The molecule has 1 aliphatic rings. The molecule has 2 rings (SSSR count). The van der Waals surface area contributed by atoms with Gasteiger partial charge in [0.1, 0.15) is 5.82 Å². The molecule has 0 saturated carbocycles. The van der Waals surface area contributed by atoms with E-state index < -0.39 is 10.0 Å². The lowest BCUT2D eigenvalue weighted by Crippen LogP contribution is -2.33. The fourth-order valence-electron chi connectivity index (χ4n) is 3.00. The highest BCUT2D eigenvalue weighted by atomic mass is 32.2. The lowest BCUT2D eigenvalue weighted by Gasteiger charge is -2.22. The van der Waals surface area contributed by atoms with Gasteiger partial charge in [0.05, 0.1) is 12.3 Å². The van der Waals surface area contributed by atoms with E-state index in [2.05, 4.69) is 50.4 Å². The van der Waals surface area contributed by atoms with Gasteiger partial charge in [-0.3, -0.25) is 4.90 Å². The molecule has 2 heterocycles. The molecule has 25 heavy (non-hydrogen) atoms. The quantitative estimate of drug-likeness (QED) is 0.739. The highest BCUT2D eigenvalue weighted by molar-refractivity contribution is 7.88. The van der Waals surface area contributed by atoms with Gasteiger partial charge in [0.2, 0.25) is 10.0 Å². The number of aromatic nitrogens is 3. The molecule has 0 fully saturated rings. The Kier molecular flexibility index (Phi) is 6.76. The highest BCUT2D eigenvalue weighted by Crippen LogP contribution is 2.23. The third-order valence-electron chi connectivity index (χ3n) is 4.32. The molecule has 0 saturated heterocycles. The Morgan fingerprint density at radius 3 is 2.48 bits per heavy atom. The van der Waals surface area contributed by atoms with Gasteiger partial charge in [-0.05, 0) is 11.8 Å². The molecule has 1 aliphatic heterocycles. The summed E-state index contributed by atoms with van der Waals surface area (Å²) < 4.78 is 28.2. The maximum Gasteiger partial charge on any atom is 0.209 e. The van der Waals surface area contributed by atoms with Crippen molar-refractivity contribution in [3.8, 4) is 0 Å². The smallest absolute Gasteiger partial charge is 0.209 e. The van der Waals surface area contributed by atoms with Crippen LogP contribution >= 0.6 is 0 Å². The zero-order valence-electron chi connectivity index (χ0n) is 15.9. The Morgan fingerprint density at radius 1 is 1.16 bits per heavy atom. The van der Waals surface area contributed by atoms with E-state index in [1.54, 1.807) is 0 Å². The van der Waals surface area contributed by atoms with E-state index in [9.17, 15) is 8.42 Å². The number of hydrogen-bond donors (Lipinski definition) is 1. The van der Waals surface area contributed by atoms with Crippen molar-refractivity contribution < 1.29 is 8.42 Å². The largest absolute Gasteiger partial charge is 0.312 e. The van der Waals surface area contributed by atoms with Crippen molar-refractivity contribution in [1.29, 1.82) is 0 Å². The number of fused-ring (bicyclic) bond motifs is 1. The first-order valence-corrected chi connectivity index (χ1v) is 10.8. The van der Waals surface area contributed by atoms with Crippen molar-refractivity contribution >= 4 is 10.0 Å². The van der Waals surface area contributed by atoms with E-state index in [0.29, 0.717) is 5.92 Å². The second-order valence-electron chi connectivity index (χ2n) is 7.46. The van der Waals surface area contributed by atoms with Gasteiger partial charge in [-0.2, -0.15) is 0 Å². The average molecular weight is 370 g/mol. The van der Waals surface area contributed by atoms with E-state index in [-0.39, 0.29) is 12.0 Å². The summed E-state index contributed by atoms with van der Waals surface area (Å²) in [5, 5.41) is 8.64. The van der Waals surface area contributed by atoms with Crippen molar-refractivity contribution in [3.05, 3.63) is 23.8 Å². The van der Waals surface area contributed by atoms with E-state index in [4.69, 9.17) is 0 Å². The van der Waals surface area contributed by atoms with Crippen LogP contribution in [0.25, 0.3) is 0 Å². The van der Waals surface area contributed by atoms with Crippen LogP contribution in [0.3, 0.4) is 0 Å². The lowest BCUT2D eigenvalue weighted by atomic mass is 10.1. The molecule has 1 aromatic heterocycles. The van der Waals surface area contributed by atoms with E-state index in [1.165, 1.54) is 6.26 Å². The number of nitrogens with one attached hydrogen (secondary N) is 1. The minimum absolute atomic E-state index is 0.0938. The van der Waals surface area contributed by atoms with Gasteiger partial charge in [-0.15, -0.1) is 10.2 Å². The molecule has 0 spiro atoms. The molecular formula is C17H31N5O2S. The zero-order chi connectivity index (χ0) is 18.6. The second kappa shape index (κ2) is 8.42. The van der Waals surface area contributed by atoms with Crippen LogP contribution in [0.4, 0.5) is 0 Å². The predicted molar refractivity (Wildman–Crippen MR) is 99.7 cm³/mol. The summed E-state index contributed by atoms with van der Waals surface area (Å²) in [7, 11) is -3.31. The van der Waals surface area contributed by atoms with Gasteiger partial charge in [0, 0.05) is 32.6 Å². The van der Waals surface area contributed by atoms with Gasteiger partial charge >= 0.3 is 0 Å². The third kappa shape index (κ3) is 5.90. The van der Waals surface area contributed by atoms with Crippen LogP contribution in [0.5, 0.6) is 0 Å². The van der Waals surface area contributed by atoms with Crippen molar-refractivity contribution in [2.75, 3.05) is 25.9 Å². The first-order chi connectivity index (χ1) is 11.7. The summed E-state index contributed by atoms with van der Waals surface area (Å²) >= 11 is 0. The number of nitrogens with zero attached hydrogens (tertiary/aromatic N) is 4. The summed E-state index contributed by atoms with van der Waals surface area (Å²) in [6.45, 7) is 11.9. The predicted octanol–water partition coefficient (Wildman–Crippen LogP) is 1.59. The summed E-state index contributed by atoms with van der Waals surface area (Å²) in [6, 6.07) is -0.358. The summed E-state index contributed by atoms with van der Waals surface area (Å²) in [6.07, 6.45) is 6.46. The van der Waals surface area contributed by atoms with Crippen molar-refractivity contribution in [1.82, 2.24) is 24.4 Å². The molecule has 142 valence electrons. The van der Waals surface area contributed by atoms with E-state index in [1.807, 2.05) is 13.8 Å². The Morgan fingerprint density at radius 2 is 1.88 bits per heavy atom. The zero-order valence-corrected chi connectivity index (χ0v) is 16.8. The van der Waals surface area contributed by atoms with E-state index >= 15 is 0 Å². The molecule has 1 unspecified atom stereocenters. The van der Waals surface area contributed by atoms with Crippen LogP contribution in [0.15, 0.2) is 12.2 Å². The van der Waals surface area contributed by atoms with Crippen LogP contribution in [0.2, 0.25) is 0 Å². The maximum absolute atomic E-state index is 11.7. The minimum atomic E-state index is -3.31. The van der Waals surface area contributed by atoms with Crippen molar-refractivity contribution in [2.45, 2.75) is 46.7 Å². The minimum Gasteiger partial charge on any atom is -0.312 e. The summed E-state index contributed by atoms with van der Waals surface area (Å²) in [5.74, 6) is 2.31.